The molecule has 1 saturated heterocycles. The minimum Gasteiger partial charge on any atom is -0.350 e. The zero-order valence-corrected chi connectivity index (χ0v) is 24.5. The van der Waals surface area contributed by atoms with Gasteiger partial charge in [-0.3, -0.25) is 24.1 Å². The second kappa shape index (κ2) is 12.6. The fourth-order valence-electron chi connectivity index (χ4n) is 5.28. The first kappa shape index (κ1) is 29.8. The number of halogens is 2. The molecule has 0 aromatic heterocycles. The Morgan fingerprint density at radius 1 is 0.950 bits per heavy atom. The van der Waals surface area contributed by atoms with Gasteiger partial charge in [0.05, 0.1) is 21.9 Å². The molecule has 4 amide bonds. The number of imide groups is 1. The molecule has 1 fully saturated rings. The van der Waals surface area contributed by atoms with Crippen LogP contribution in [0.25, 0.3) is 0 Å². The quantitative estimate of drug-likeness (QED) is 0.325. The summed E-state index contributed by atoms with van der Waals surface area (Å²) in [4.78, 5) is 56.3. The summed E-state index contributed by atoms with van der Waals surface area (Å²) >= 11 is 12.4. The summed E-state index contributed by atoms with van der Waals surface area (Å²) in [6.45, 7) is 5.72. The largest absolute Gasteiger partial charge is 0.350 e. The predicted molar refractivity (Wildman–Crippen MR) is 156 cm³/mol. The van der Waals surface area contributed by atoms with Crippen LogP contribution in [0.15, 0.2) is 60.7 Å². The Bertz CT molecular complexity index is 1280. The Hall–Kier alpha value is -3.16. The van der Waals surface area contributed by atoms with Crippen molar-refractivity contribution < 1.29 is 19.2 Å². The topological polar surface area (TPSA) is 86.8 Å². The van der Waals surface area contributed by atoms with Crippen molar-refractivity contribution in [3.63, 3.8) is 0 Å². The molecule has 7 nitrogen and oxygen atoms in total. The van der Waals surface area contributed by atoms with Gasteiger partial charge >= 0.3 is 0 Å². The fraction of sp³-hybridized carbons (Fsp3) is 0.419. The molecule has 2 aromatic rings. The maximum atomic E-state index is 13.9. The van der Waals surface area contributed by atoms with E-state index in [0.717, 1.165) is 5.56 Å². The molecular weight excluding hydrogens is 549 g/mol. The lowest BCUT2D eigenvalue weighted by atomic mass is 9.85. The van der Waals surface area contributed by atoms with Gasteiger partial charge in [0.15, 0.2) is 0 Å². The normalized spacial score (nSPS) is 19.4. The fourth-order valence-corrected chi connectivity index (χ4v) is 5.60. The van der Waals surface area contributed by atoms with Gasteiger partial charge < -0.3 is 10.2 Å². The molecule has 1 aliphatic carbocycles. The van der Waals surface area contributed by atoms with E-state index in [2.05, 4.69) is 5.32 Å². The number of carbonyl (C=O) groups excluding carboxylic acids is 4. The van der Waals surface area contributed by atoms with Gasteiger partial charge in [-0.2, -0.15) is 0 Å². The van der Waals surface area contributed by atoms with Crippen molar-refractivity contribution in [3.05, 3.63) is 81.9 Å². The van der Waals surface area contributed by atoms with E-state index in [1.54, 1.807) is 18.2 Å². The third kappa shape index (κ3) is 7.12. The van der Waals surface area contributed by atoms with E-state index in [0.29, 0.717) is 28.5 Å². The van der Waals surface area contributed by atoms with Crippen LogP contribution in [0.5, 0.6) is 0 Å². The van der Waals surface area contributed by atoms with Crippen LogP contribution in [-0.2, 0) is 32.1 Å². The van der Waals surface area contributed by atoms with E-state index in [4.69, 9.17) is 23.2 Å². The zero-order chi connectivity index (χ0) is 29.0. The van der Waals surface area contributed by atoms with Gasteiger partial charge in [-0.1, -0.05) is 71.8 Å². The number of fused-ring (bicyclic) bond motifs is 1. The summed E-state index contributed by atoms with van der Waals surface area (Å²) in [5.41, 5.74) is 1.07. The number of hydrogen-bond acceptors (Lipinski definition) is 4. The van der Waals surface area contributed by atoms with Gasteiger partial charge in [-0.05, 0) is 56.9 Å². The molecule has 212 valence electrons. The lowest BCUT2D eigenvalue weighted by molar-refractivity contribution is -0.144. The lowest BCUT2D eigenvalue weighted by Crippen LogP contribution is -2.54. The minimum atomic E-state index is -0.847. The molecule has 2 aliphatic rings. The van der Waals surface area contributed by atoms with Crippen LogP contribution in [0.4, 0.5) is 0 Å². The van der Waals surface area contributed by atoms with Crippen molar-refractivity contribution in [2.75, 3.05) is 6.54 Å². The van der Waals surface area contributed by atoms with Gasteiger partial charge in [0, 0.05) is 31.5 Å². The van der Waals surface area contributed by atoms with Crippen LogP contribution in [0.2, 0.25) is 10.0 Å². The van der Waals surface area contributed by atoms with E-state index in [1.165, 1.54) is 9.80 Å². The van der Waals surface area contributed by atoms with Crippen LogP contribution in [-0.4, -0.2) is 51.6 Å². The Labute approximate surface area is 245 Å². The Morgan fingerprint density at radius 3 is 2.15 bits per heavy atom. The molecule has 1 N–H and O–H groups in total. The standard InChI is InChI=1S/C31H35Cl2N3O4/c1-31(2,3)34-28(38)26(18-20-9-5-4-6-10-20)36(19-21-13-14-24(32)25(33)17-21)27(37)15-16-35-29(39)22-11-7-8-12-23(22)30(35)40/h4-10,13-14,17,22-23,26H,11-12,15-16,18-19H2,1-3H3,(H,34,38)/t22-,23+,26-/m0/s1. The molecule has 0 radical (unpaired) electrons. The highest BCUT2D eigenvalue weighted by atomic mass is 35.5. The summed E-state index contributed by atoms with van der Waals surface area (Å²) < 4.78 is 0. The second-order valence-corrected chi connectivity index (χ2v) is 12.3. The highest BCUT2D eigenvalue weighted by Gasteiger charge is 2.47. The molecule has 1 aliphatic heterocycles. The number of amides is 4. The highest BCUT2D eigenvalue weighted by molar-refractivity contribution is 6.42. The van der Waals surface area contributed by atoms with Gasteiger partial charge in [0.1, 0.15) is 6.04 Å². The summed E-state index contributed by atoms with van der Waals surface area (Å²) in [5, 5.41) is 3.75. The van der Waals surface area contributed by atoms with Crippen molar-refractivity contribution in [1.82, 2.24) is 15.1 Å². The van der Waals surface area contributed by atoms with Gasteiger partial charge in [0.2, 0.25) is 23.6 Å². The molecule has 0 saturated carbocycles. The number of allylic oxidation sites excluding steroid dienone is 2. The van der Waals surface area contributed by atoms with E-state index < -0.39 is 11.6 Å². The molecule has 1 heterocycles. The van der Waals surface area contributed by atoms with E-state index in [1.807, 2.05) is 63.3 Å². The number of nitrogens with one attached hydrogen (secondary N) is 1. The van der Waals surface area contributed by atoms with Crippen molar-refractivity contribution >= 4 is 46.8 Å². The average Bonchev–Trinajstić information content (AvgIpc) is 3.15. The molecule has 9 heteroatoms. The zero-order valence-electron chi connectivity index (χ0n) is 23.0. The number of likely N-dealkylation sites (tertiary alicyclic amines) is 1. The molecule has 3 atom stereocenters. The number of hydrogen-bond donors (Lipinski definition) is 1. The van der Waals surface area contributed by atoms with E-state index in [9.17, 15) is 19.2 Å². The first-order valence-corrected chi connectivity index (χ1v) is 14.3. The van der Waals surface area contributed by atoms with E-state index >= 15 is 0 Å². The highest BCUT2D eigenvalue weighted by Crippen LogP contribution is 2.35. The summed E-state index contributed by atoms with van der Waals surface area (Å²) in [6.07, 6.45) is 5.13. The van der Waals surface area contributed by atoms with Crippen LogP contribution in [0, 0.1) is 11.8 Å². The number of benzene rings is 2. The third-order valence-electron chi connectivity index (χ3n) is 7.25. The summed E-state index contributed by atoms with van der Waals surface area (Å²) in [7, 11) is 0. The van der Waals surface area contributed by atoms with Gasteiger partial charge in [0.25, 0.3) is 0 Å². The summed E-state index contributed by atoms with van der Waals surface area (Å²) in [5.74, 6) is -1.81. The lowest BCUT2D eigenvalue weighted by Gasteiger charge is -2.34. The molecule has 0 spiro atoms. The second-order valence-electron chi connectivity index (χ2n) is 11.4. The van der Waals surface area contributed by atoms with Crippen LogP contribution < -0.4 is 5.32 Å². The van der Waals surface area contributed by atoms with Crippen LogP contribution in [0.1, 0.15) is 51.2 Å². The predicted octanol–water partition coefficient (Wildman–Crippen LogP) is 5.19. The van der Waals surface area contributed by atoms with Gasteiger partial charge in [-0.25, -0.2) is 0 Å². The van der Waals surface area contributed by atoms with Gasteiger partial charge in [-0.15, -0.1) is 0 Å². The van der Waals surface area contributed by atoms with Crippen molar-refractivity contribution in [3.8, 4) is 0 Å². The van der Waals surface area contributed by atoms with Crippen molar-refractivity contribution in [2.24, 2.45) is 11.8 Å². The Kier molecular flexibility index (Phi) is 9.37. The monoisotopic (exact) mass is 583 g/mol. The average molecular weight is 585 g/mol. The molecule has 0 unspecified atom stereocenters. The maximum Gasteiger partial charge on any atom is 0.243 e. The Balaban J connectivity index is 1.62. The first-order chi connectivity index (χ1) is 18.9. The first-order valence-electron chi connectivity index (χ1n) is 13.5. The maximum absolute atomic E-state index is 13.9. The van der Waals surface area contributed by atoms with Crippen LogP contribution >= 0.6 is 23.2 Å². The Morgan fingerprint density at radius 2 is 1.57 bits per heavy atom. The number of rotatable bonds is 9. The molecule has 0 bridgehead atoms. The SMILES string of the molecule is CC(C)(C)NC(=O)[C@H](Cc1ccccc1)N(Cc1ccc(Cl)c(Cl)c1)C(=O)CCN1C(=O)[C@H]2CC=CC[C@H]2C1=O. The summed E-state index contributed by atoms with van der Waals surface area (Å²) in [6, 6.07) is 13.7. The molecule has 40 heavy (non-hydrogen) atoms. The van der Waals surface area contributed by atoms with Crippen LogP contribution in [0.3, 0.4) is 0 Å². The minimum absolute atomic E-state index is 0.0275. The number of carbonyl (C=O) groups is 4. The molecule has 4 rings (SSSR count). The number of nitrogens with zero attached hydrogens (tertiary/aromatic N) is 2. The molecular formula is C31H35Cl2N3O4. The smallest absolute Gasteiger partial charge is 0.243 e. The van der Waals surface area contributed by atoms with Crippen molar-refractivity contribution in [2.45, 2.75) is 64.6 Å². The molecule has 2 aromatic carbocycles. The van der Waals surface area contributed by atoms with E-state index in [-0.39, 0.29) is 61.4 Å². The third-order valence-corrected chi connectivity index (χ3v) is 7.99. The van der Waals surface area contributed by atoms with Crippen molar-refractivity contribution in [1.29, 1.82) is 0 Å².